The first-order valence-electron chi connectivity index (χ1n) is 15.7. The summed E-state index contributed by atoms with van der Waals surface area (Å²) in [7, 11) is 0.403. The van der Waals surface area contributed by atoms with E-state index < -0.39 is 11.2 Å². The monoisotopic (exact) mass is 589 g/mol. The molecule has 1 aliphatic rings. The molecule has 1 aliphatic heterocycles. The average Bonchev–Trinajstić information content (AvgIpc) is 3.08. The molecule has 0 saturated heterocycles. The Morgan fingerprint density at radius 1 is 0.622 bits per heavy atom. The van der Waals surface area contributed by atoms with Crippen molar-refractivity contribution in [2.24, 2.45) is 4.99 Å². The van der Waals surface area contributed by atoms with Crippen molar-refractivity contribution < 1.29 is 9.76 Å². The molecular formula is C41H40BNO2. The smallest absolute Gasteiger partial charge is 0.309 e. The summed E-state index contributed by atoms with van der Waals surface area (Å²) in [6, 6.07) is 47.1. The molecule has 0 aromatic heterocycles. The van der Waals surface area contributed by atoms with Crippen molar-refractivity contribution in [2.75, 3.05) is 0 Å². The van der Waals surface area contributed by atoms with Gasteiger partial charge in [-0.15, -0.1) is 0 Å². The van der Waals surface area contributed by atoms with Gasteiger partial charge >= 0.3 is 7.48 Å². The highest BCUT2D eigenvalue weighted by molar-refractivity contribution is 6.47. The molecule has 0 spiro atoms. The van der Waals surface area contributed by atoms with E-state index >= 15 is 0 Å². The van der Waals surface area contributed by atoms with E-state index in [0.29, 0.717) is 7.48 Å². The van der Waals surface area contributed by atoms with Crippen LogP contribution in [0, 0.1) is 0 Å². The van der Waals surface area contributed by atoms with Gasteiger partial charge in [-0.3, -0.25) is 4.99 Å². The molecule has 6 rings (SSSR count). The van der Waals surface area contributed by atoms with Crippen molar-refractivity contribution in [1.29, 1.82) is 0 Å². The number of hydrogen-bond donors (Lipinski definition) is 1. The van der Waals surface area contributed by atoms with E-state index in [1.165, 1.54) is 39.0 Å². The fourth-order valence-corrected chi connectivity index (χ4v) is 5.53. The molecule has 45 heavy (non-hydrogen) atoms. The highest BCUT2D eigenvalue weighted by Gasteiger charge is 2.35. The molecule has 5 aromatic rings. The lowest BCUT2D eigenvalue weighted by Gasteiger charge is -2.37. The number of dihydropyridines is 1. The molecule has 0 radical (unpaired) electrons. The fraction of sp³-hybridized carbons (Fsp3) is 0.195. The molecule has 4 heteroatoms. The summed E-state index contributed by atoms with van der Waals surface area (Å²) in [5.41, 5.74) is 9.92. The van der Waals surface area contributed by atoms with Crippen LogP contribution in [-0.4, -0.2) is 29.5 Å². The molecule has 0 fully saturated rings. The Hall–Kier alpha value is -4.51. The third kappa shape index (κ3) is 7.09. The van der Waals surface area contributed by atoms with Gasteiger partial charge in [-0.2, -0.15) is 0 Å². The number of nitrogens with zero attached hydrogens (tertiary/aromatic N) is 1. The minimum absolute atomic E-state index is 0.00680. The average molecular weight is 590 g/mol. The van der Waals surface area contributed by atoms with E-state index in [2.05, 4.69) is 127 Å². The van der Waals surface area contributed by atoms with E-state index in [-0.39, 0.29) is 6.04 Å². The summed E-state index contributed by atoms with van der Waals surface area (Å²) in [5.74, 6) is 0. The number of rotatable bonds is 9. The zero-order chi connectivity index (χ0) is 31.4. The molecule has 1 unspecified atom stereocenters. The maximum atomic E-state index is 10.6. The van der Waals surface area contributed by atoms with Crippen LogP contribution < -0.4 is 5.46 Å². The van der Waals surface area contributed by atoms with Gasteiger partial charge in [0.05, 0.1) is 23.0 Å². The van der Waals surface area contributed by atoms with Gasteiger partial charge in [0.1, 0.15) is 0 Å². The maximum absolute atomic E-state index is 10.6. The van der Waals surface area contributed by atoms with Crippen LogP contribution in [0.25, 0.3) is 27.8 Å². The van der Waals surface area contributed by atoms with Crippen molar-refractivity contribution in [3.63, 3.8) is 0 Å². The van der Waals surface area contributed by atoms with Crippen molar-refractivity contribution in [3.05, 3.63) is 156 Å². The van der Waals surface area contributed by atoms with E-state index in [1.807, 2.05) is 26.0 Å². The first-order chi connectivity index (χ1) is 21.7. The van der Waals surface area contributed by atoms with Gasteiger partial charge in [0.2, 0.25) is 0 Å². The van der Waals surface area contributed by atoms with Crippen molar-refractivity contribution in [2.45, 2.75) is 51.4 Å². The van der Waals surface area contributed by atoms with Crippen LogP contribution >= 0.6 is 0 Å². The van der Waals surface area contributed by atoms with Gasteiger partial charge in [-0.25, -0.2) is 0 Å². The summed E-state index contributed by atoms with van der Waals surface area (Å²) >= 11 is 0. The molecule has 0 saturated carbocycles. The van der Waals surface area contributed by atoms with E-state index in [0.717, 1.165) is 23.2 Å². The highest BCUT2D eigenvalue weighted by Crippen LogP contribution is 2.36. The molecule has 1 heterocycles. The van der Waals surface area contributed by atoms with Crippen molar-refractivity contribution in [3.8, 4) is 22.3 Å². The fourth-order valence-electron chi connectivity index (χ4n) is 5.53. The van der Waals surface area contributed by atoms with Crippen LogP contribution in [0.4, 0.5) is 0 Å². The first kappa shape index (κ1) is 30.5. The molecule has 0 bridgehead atoms. The summed E-state index contributed by atoms with van der Waals surface area (Å²) < 4.78 is 6.19. The maximum Gasteiger partial charge on any atom is 0.309 e. The zero-order valence-electron chi connectivity index (χ0n) is 26.6. The number of aliphatic hydroxyl groups is 1. The third-order valence-corrected chi connectivity index (χ3v) is 9.08. The lowest BCUT2D eigenvalue weighted by atomic mass is 9.81. The number of benzene rings is 5. The van der Waals surface area contributed by atoms with Crippen LogP contribution in [0.2, 0.25) is 0 Å². The second-order valence-corrected chi connectivity index (χ2v) is 12.9. The van der Waals surface area contributed by atoms with Crippen LogP contribution in [0.5, 0.6) is 0 Å². The van der Waals surface area contributed by atoms with Crippen LogP contribution in [0.15, 0.2) is 145 Å². The minimum atomic E-state index is -0.963. The summed E-state index contributed by atoms with van der Waals surface area (Å²) in [5, 5.41) is 10.6. The molecule has 224 valence electrons. The molecular weight excluding hydrogens is 549 g/mol. The molecule has 1 atom stereocenters. The Labute approximate surface area is 268 Å². The van der Waals surface area contributed by atoms with E-state index in [9.17, 15) is 5.11 Å². The predicted molar refractivity (Wildman–Crippen MR) is 190 cm³/mol. The van der Waals surface area contributed by atoms with Gasteiger partial charge in [-0.1, -0.05) is 139 Å². The molecule has 5 aromatic carbocycles. The Morgan fingerprint density at radius 3 is 1.71 bits per heavy atom. The standard InChI is InChI=1S/C41H40BNO2/c1-40(2,44)41(3,4)45-42-37-17-11-16-35(26-37)39-28-36(33-20-18-31(19-21-33)29-12-7-5-8-13-29)27-38(43-39)34-24-22-32(23-25-34)30-14-9-6-10-15-30/h5-26,28,38,42,44H,27H2,1-4H3. The topological polar surface area (TPSA) is 41.8 Å². The lowest BCUT2D eigenvalue weighted by molar-refractivity contribution is -0.0893. The Morgan fingerprint density at radius 2 is 1.13 bits per heavy atom. The van der Waals surface area contributed by atoms with Gasteiger partial charge in [0.25, 0.3) is 0 Å². The molecule has 1 N–H and O–H groups in total. The Balaban J connectivity index is 1.33. The van der Waals surface area contributed by atoms with Crippen molar-refractivity contribution in [1.82, 2.24) is 0 Å². The van der Waals surface area contributed by atoms with Crippen LogP contribution in [0.1, 0.15) is 56.8 Å². The summed E-state index contributed by atoms with van der Waals surface area (Å²) in [6.45, 7) is 7.42. The van der Waals surface area contributed by atoms with Gasteiger partial charge < -0.3 is 9.76 Å². The summed E-state index contributed by atoms with van der Waals surface area (Å²) in [6.07, 6.45) is 3.06. The highest BCUT2D eigenvalue weighted by atomic mass is 16.5. The number of aliphatic imine (C=N–C) groups is 1. The molecule has 0 amide bonds. The van der Waals surface area contributed by atoms with Gasteiger partial charge in [0.15, 0.2) is 0 Å². The van der Waals surface area contributed by atoms with Gasteiger partial charge in [-0.05, 0) is 84.7 Å². The third-order valence-electron chi connectivity index (χ3n) is 9.08. The lowest BCUT2D eigenvalue weighted by Crippen LogP contribution is -2.49. The van der Waals surface area contributed by atoms with Gasteiger partial charge in [0, 0.05) is 0 Å². The first-order valence-corrected chi connectivity index (χ1v) is 15.7. The number of hydrogen-bond acceptors (Lipinski definition) is 3. The normalized spacial score (nSPS) is 15.3. The van der Waals surface area contributed by atoms with Crippen molar-refractivity contribution >= 4 is 24.2 Å². The molecule has 3 nitrogen and oxygen atoms in total. The van der Waals surface area contributed by atoms with Crippen LogP contribution in [0.3, 0.4) is 0 Å². The van der Waals surface area contributed by atoms with E-state index in [1.54, 1.807) is 13.8 Å². The Kier molecular flexibility index (Phi) is 8.71. The molecule has 0 aliphatic carbocycles. The minimum Gasteiger partial charge on any atom is -0.427 e. The van der Waals surface area contributed by atoms with Crippen LogP contribution in [-0.2, 0) is 4.65 Å². The van der Waals surface area contributed by atoms with E-state index in [4.69, 9.17) is 9.65 Å². The zero-order valence-corrected chi connectivity index (χ0v) is 26.6. The Bertz CT molecular complexity index is 1800. The predicted octanol–water partition coefficient (Wildman–Crippen LogP) is 8.58. The second-order valence-electron chi connectivity index (χ2n) is 12.9. The quantitative estimate of drug-likeness (QED) is 0.175. The summed E-state index contributed by atoms with van der Waals surface area (Å²) in [4.78, 5) is 5.31. The largest absolute Gasteiger partial charge is 0.427 e. The second kappa shape index (κ2) is 12.8. The number of allylic oxidation sites excluding steroid dienone is 1. The SMILES string of the molecule is CC(C)(O)C(C)(C)OBc1cccc(C2=NC(c3ccc(-c4ccccc4)cc3)CC(c3ccc(-c4ccccc4)cc3)=C2)c1.